The van der Waals surface area contributed by atoms with Crippen LogP contribution in [0.15, 0.2) is 11.4 Å². The third kappa shape index (κ3) is 2.14. The quantitative estimate of drug-likeness (QED) is 0.578. The standard InChI is InChI=1S/C8H9BrOS/c1-2-7(10)8-3-6(4-9)5-11-8/h3,5H,2,4H2,1H3. The number of alkyl halides is 1. The van der Waals surface area contributed by atoms with Gasteiger partial charge in [0, 0.05) is 11.8 Å². The Morgan fingerprint density at radius 2 is 2.45 bits per heavy atom. The molecule has 0 aromatic carbocycles. The topological polar surface area (TPSA) is 17.1 Å². The second kappa shape index (κ2) is 4.02. The van der Waals surface area contributed by atoms with E-state index in [0.29, 0.717) is 6.42 Å². The molecule has 0 saturated carbocycles. The second-order valence-corrected chi connectivity index (χ2v) is 3.70. The molecule has 0 fully saturated rings. The maximum atomic E-state index is 11.1. The molecule has 1 aromatic rings. The molecule has 3 heteroatoms. The first-order chi connectivity index (χ1) is 5.27. The third-order valence-corrected chi connectivity index (χ3v) is 3.07. The Hall–Kier alpha value is -0.150. The summed E-state index contributed by atoms with van der Waals surface area (Å²) in [5, 5.41) is 2.85. The van der Waals surface area contributed by atoms with Crippen molar-refractivity contribution in [3.8, 4) is 0 Å². The van der Waals surface area contributed by atoms with Gasteiger partial charge in [0.05, 0.1) is 4.88 Å². The molecule has 1 heterocycles. The molecule has 0 unspecified atom stereocenters. The van der Waals surface area contributed by atoms with Gasteiger partial charge < -0.3 is 0 Å². The van der Waals surface area contributed by atoms with E-state index in [0.717, 1.165) is 10.2 Å². The first-order valence-corrected chi connectivity index (χ1v) is 5.44. The summed E-state index contributed by atoms with van der Waals surface area (Å²) >= 11 is 4.86. The fourth-order valence-corrected chi connectivity index (χ4v) is 2.23. The molecular weight excluding hydrogens is 224 g/mol. The van der Waals surface area contributed by atoms with Crippen molar-refractivity contribution in [1.29, 1.82) is 0 Å². The lowest BCUT2D eigenvalue weighted by atomic mass is 10.2. The van der Waals surface area contributed by atoms with Crippen molar-refractivity contribution in [3.63, 3.8) is 0 Å². The Balaban J connectivity index is 2.80. The van der Waals surface area contributed by atoms with Gasteiger partial charge in [0.15, 0.2) is 5.78 Å². The number of ketones is 1. The smallest absolute Gasteiger partial charge is 0.172 e. The minimum atomic E-state index is 0.238. The van der Waals surface area contributed by atoms with Gasteiger partial charge in [-0.15, -0.1) is 11.3 Å². The maximum absolute atomic E-state index is 11.1. The number of rotatable bonds is 3. The maximum Gasteiger partial charge on any atom is 0.172 e. The van der Waals surface area contributed by atoms with Crippen molar-refractivity contribution in [3.05, 3.63) is 21.9 Å². The van der Waals surface area contributed by atoms with E-state index in [1.54, 1.807) is 0 Å². The average molecular weight is 233 g/mol. The molecule has 1 rings (SSSR count). The van der Waals surface area contributed by atoms with Crippen LogP contribution in [0.4, 0.5) is 0 Å². The SMILES string of the molecule is CCC(=O)c1cc(CBr)cs1. The van der Waals surface area contributed by atoms with Gasteiger partial charge in [0.1, 0.15) is 0 Å². The van der Waals surface area contributed by atoms with Gasteiger partial charge in [-0.25, -0.2) is 0 Å². The molecule has 0 amide bonds. The second-order valence-electron chi connectivity index (χ2n) is 2.23. The van der Waals surface area contributed by atoms with Gasteiger partial charge in [0.2, 0.25) is 0 Å². The highest BCUT2D eigenvalue weighted by Crippen LogP contribution is 2.18. The average Bonchev–Trinajstić information content (AvgIpc) is 2.50. The third-order valence-electron chi connectivity index (χ3n) is 1.40. The van der Waals surface area contributed by atoms with E-state index in [4.69, 9.17) is 0 Å². The van der Waals surface area contributed by atoms with Crippen LogP contribution in [0, 0.1) is 0 Å². The fourth-order valence-electron chi connectivity index (χ4n) is 0.766. The molecule has 0 aliphatic carbocycles. The molecule has 0 N–H and O–H groups in total. The largest absolute Gasteiger partial charge is 0.293 e. The Morgan fingerprint density at radius 1 is 1.73 bits per heavy atom. The van der Waals surface area contributed by atoms with E-state index in [2.05, 4.69) is 15.9 Å². The van der Waals surface area contributed by atoms with E-state index in [1.807, 2.05) is 18.4 Å². The molecule has 0 atom stereocenters. The number of carbonyl (C=O) groups excluding carboxylic acids is 1. The first kappa shape index (κ1) is 8.94. The van der Waals surface area contributed by atoms with Crippen molar-refractivity contribution in [2.45, 2.75) is 18.7 Å². The summed E-state index contributed by atoms with van der Waals surface area (Å²) in [5.74, 6) is 0.238. The summed E-state index contributed by atoms with van der Waals surface area (Å²) in [7, 11) is 0. The number of carbonyl (C=O) groups is 1. The van der Waals surface area contributed by atoms with Crippen molar-refractivity contribution in [1.82, 2.24) is 0 Å². The molecule has 60 valence electrons. The molecule has 0 aliphatic heterocycles. The van der Waals surface area contributed by atoms with Crippen LogP contribution in [0.1, 0.15) is 28.6 Å². The van der Waals surface area contributed by atoms with Crippen LogP contribution in [-0.4, -0.2) is 5.78 Å². The zero-order valence-electron chi connectivity index (χ0n) is 6.26. The molecule has 0 radical (unpaired) electrons. The summed E-state index contributed by atoms with van der Waals surface area (Å²) in [6.45, 7) is 1.88. The molecule has 0 aliphatic rings. The van der Waals surface area contributed by atoms with Gasteiger partial charge in [-0.05, 0) is 17.0 Å². The van der Waals surface area contributed by atoms with Gasteiger partial charge in [-0.1, -0.05) is 22.9 Å². The van der Waals surface area contributed by atoms with Gasteiger partial charge in [-0.3, -0.25) is 4.79 Å². The molecule has 1 nitrogen and oxygen atoms in total. The fraction of sp³-hybridized carbons (Fsp3) is 0.375. The number of hydrogen-bond donors (Lipinski definition) is 0. The van der Waals surface area contributed by atoms with Crippen molar-refractivity contribution < 1.29 is 4.79 Å². The van der Waals surface area contributed by atoms with Gasteiger partial charge >= 0.3 is 0 Å². The van der Waals surface area contributed by atoms with E-state index in [-0.39, 0.29) is 5.78 Å². The molecule has 0 bridgehead atoms. The number of thiophene rings is 1. The summed E-state index contributed by atoms with van der Waals surface area (Å²) < 4.78 is 0. The number of halogens is 1. The summed E-state index contributed by atoms with van der Waals surface area (Å²) in [6, 6.07) is 1.95. The van der Waals surface area contributed by atoms with Crippen LogP contribution in [0.2, 0.25) is 0 Å². The number of Topliss-reactive ketones (excluding diaryl/α,β-unsaturated/α-hetero) is 1. The Bertz CT molecular complexity index is 254. The van der Waals surface area contributed by atoms with Crippen molar-refractivity contribution in [2.75, 3.05) is 0 Å². The minimum absolute atomic E-state index is 0.238. The highest BCUT2D eigenvalue weighted by atomic mass is 79.9. The predicted octanol–water partition coefficient (Wildman–Crippen LogP) is 3.24. The Morgan fingerprint density at radius 3 is 2.91 bits per heavy atom. The molecule has 1 aromatic heterocycles. The summed E-state index contributed by atoms with van der Waals surface area (Å²) in [4.78, 5) is 12.0. The lowest BCUT2D eigenvalue weighted by Crippen LogP contribution is -1.90. The number of hydrogen-bond acceptors (Lipinski definition) is 2. The zero-order chi connectivity index (χ0) is 8.27. The lowest BCUT2D eigenvalue weighted by Gasteiger charge is -1.87. The predicted molar refractivity (Wildman–Crippen MR) is 51.6 cm³/mol. The summed E-state index contributed by atoms with van der Waals surface area (Å²) in [6.07, 6.45) is 0.599. The Kier molecular flexibility index (Phi) is 3.27. The monoisotopic (exact) mass is 232 g/mol. The highest BCUT2D eigenvalue weighted by Gasteiger charge is 2.05. The first-order valence-electron chi connectivity index (χ1n) is 3.44. The minimum Gasteiger partial charge on any atom is -0.293 e. The van der Waals surface area contributed by atoms with Crippen molar-refractivity contribution >= 4 is 33.0 Å². The van der Waals surface area contributed by atoms with Crippen LogP contribution >= 0.6 is 27.3 Å². The van der Waals surface area contributed by atoms with Crippen LogP contribution in [0.25, 0.3) is 0 Å². The van der Waals surface area contributed by atoms with Gasteiger partial charge in [-0.2, -0.15) is 0 Å². The van der Waals surface area contributed by atoms with E-state index in [9.17, 15) is 4.79 Å². The summed E-state index contributed by atoms with van der Waals surface area (Å²) in [5.41, 5.74) is 1.19. The normalized spacial score (nSPS) is 10.0. The van der Waals surface area contributed by atoms with Crippen LogP contribution in [0.3, 0.4) is 0 Å². The zero-order valence-corrected chi connectivity index (χ0v) is 8.67. The van der Waals surface area contributed by atoms with Crippen LogP contribution < -0.4 is 0 Å². The highest BCUT2D eigenvalue weighted by molar-refractivity contribution is 9.08. The van der Waals surface area contributed by atoms with E-state index in [1.165, 1.54) is 16.9 Å². The Labute approximate surface area is 78.6 Å². The van der Waals surface area contributed by atoms with Gasteiger partial charge in [0.25, 0.3) is 0 Å². The lowest BCUT2D eigenvalue weighted by molar-refractivity contribution is 0.0992. The van der Waals surface area contributed by atoms with Crippen LogP contribution in [0.5, 0.6) is 0 Å². The van der Waals surface area contributed by atoms with Crippen LogP contribution in [-0.2, 0) is 5.33 Å². The van der Waals surface area contributed by atoms with E-state index < -0.39 is 0 Å². The van der Waals surface area contributed by atoms with Crippen molar-refractivity contribution in [2.24, 2.45) is 0 Å². The molecule has 0 spiro atoms. The molecular formula is C8H9BrOS. The molecule has 0 saturated heterocycles. The molecule has 11 heavy (non-hydrogen) atoms. The van der Waals surface area contributed by atoms with E-state index >= 15 is 0 Å².